The van der Waals surface area contributed by atoms with Crippen LogP contribution in [-0.4, -0.2) is 26.0 Å². The Labute approximate surface area is 128 Å². The quantitative estimate of drug-likeness (QED) is 0.757. The number of rotatable bonds is 5. The molecule has 1 aliphatic carbocycles. The molecule has 21 heavy (non-hydrogen) atoms. The number of hydrogen-bond donors (Lipinski definition) is 0. The van der Waals surface area contributed by atoms with E-state index in [9.17, 15) is 4.79 Å². The molecule has 0 spiro atoms. The number of ether oxygens (including phenoxy) is 1. The average molecular weight is 289 g/mol. The fraction of sp³-hybridized carbons (Fsp3) is 0.611. The lowest BCUT2D eigenvalue weighted by molar-refractivity contribution is 0.101. The van der Waals surface area contributed by atoms with Crippen LogP contribution in [0, 0.1) is 5.92 Å². The highest BCUT2D eigenvalue weighted by molar-refractivity contribution is 6.02. The van der Waals surface area contributed by atoms with Gasteiger partial charge in [-0.3, -0.25) is 4.79 Å². The minimum absolute atomic E-state index is 0.0662. The van der Waals surface area contributed by atoms with E-state index in [2.05, 4.69) is 18.9 Å². The standard InChI is InChI=1S/C18H27NO2/c1-5-14-9-11-15(12-10-14)19(3)16-7-6-8-17(21-4)18(16)13(2)20/h6-8,14-15H,5,9-12H2,1-4H3. The number of ketones is 1. The molecule has 0 N–H and O–H groups in total. The van der Waals surface area contributed by atoms with E-state index in [-0.39, 0.29) is 5.78 Å². The first-order valence-corrected chi connectivity index (χ1v) is 7.99. The predicted molar refractivity (Wildman–Crippen MR) is 87.4 cm³/mol. The van der Waals surface area contributed by atoms with Crippen molar-refractivity contribution in [3.63, 3.8) is 0 Å². The molecule has 1 aromatic rings. The van der Waals surface area contributed by atoms with Crippen molar-refractivity contribution in [2.45, 2.75) is 52.0 Å². The smallest absolute Gasteiger partial charge is 0.165 e. The van der Waals surface area contributed by atoms with Crippen LogP contribution in [0.5, 0.6) is 5.75 Å². The molecule has 1 saturated carbocycles. The maximum atomic E-state index is 12.0. The summed E-state index contributed by atoms with van der Waals surface area (Å²) >= 11 is 0. The highest BCUT2D eigenvalue weighted by Gasteiger charge is 2.26. The van der Waals surface area contributed by atoms with Gasteiger partial charge in [-0.2, -0.15) is 0 Å². The Balaban J connectivity index is 2.23. The molecule has 0 bridgehead atoms. The zero-order chi connectivity index (χ0) is 15.4. The van der Waals surface area contributed by atoms with Gasteiger partial charge in [0.2, 0.25) is 0 Å². The Morgan fingerprint density at radius 2 is 1.95 bits per heavy atom. The van der Waals surface area contributed by atoms with Crippen molar-refractivity contribution in [1.82, 2.24) is 0 Å². The summed E-state index contributed by atoms with van der Waals surface area (Å²) in [4.78, 5) is 14.3. The number of carbonyl (C=O) groups excluding carboxylic acids is 1. The van der Waals surface area contributed by atoms with Gasteiger partial charge in [0.25, 0.3) is 0 Å². The van der Waals surface area contributed by atoms with E-state index in [0.717, 1.165) is 11.6 Å². The molecule has 1 fully saturated rings. The van der Waals surface area contributed by atoms with Gasteiger partial charge >= 0.3 is 0 Å². The molecule has 1 aromatic carbocycles. The van der Waals surface area contributed by atoms with Crippen LogP contribution >= 0.6 is 0 Å². The Morgan fingerprint density at radius 3 is 2.48 bits per heavy atom. The van der Waals surface area contributed by atoms with Gasteiger partial charge in [-0.15, -0.1) is 0 Å². The second-order valence-electron chi connectivity index (χ2n) is 6.10. The van der Waals surface area contributed by atoms with Gasteiger partial charge in [-0.05, 0) is 50.7 Å². The van der Waals surface area contributed by atoms with Crippen LogP contribution in [-0.2, 0) is 0 Å². The lowest BCUT2D eigenvalue weighted by Gasteiger charge is -2.36. The van der Waals surface area contributed by atoms with Crippen LogP contribution in [0.15, 0.2) is 18.2 Å². The van der Waals surface area contributed by atoms with E-state index in [0.29, 0.717) is 17.4 Å². The summed E-state index contributed by atoms with van der Waals surface area (Å²) in [6.07, 6.45) is 6.30. The topological polar surface area (TPSA) is 29.5 Å². The van der Waals surface area contributed by atoms with Gasteiger partial charge in [-0.25, -0.2) is 0 Å². The summed E-state index contributed by atoms with van der Waals surface area (Å²) in [5.41, 5.74) is 1.71. The van der Waals surface area contributed by atoms with Crippen LogP contribution in [0.2, 0.25) is 0 Å². The molecule has 0 aromatic heterocycles. The van der Waals surface area contributed by atoms with Crippen LogP contribution in [0.1, 0.15) is 56.3 Å². The lowest BCUT2D eigenvalue weighted by atomic mass is 9.84. The number of Topliss-reactive ketones (excluding diaryl/α,β-unsaturated/α-hetero) is 1. The van der Waals surface area contributed by atoms with E-state index in [1.54, 1.807) is 14.0 Å². The minimum Gasteiger partial charge on any atom is -0.496 e. The van der Waals surface area contributed by atoms with Crippen molar-refractivity contribution >= 4 is 11.5 Å². The van der Waals surface area contributed by atoms with Crippen molar-refractivity contribution in [2.24, 2.45) is 5.92 Å². The third-order valence-electron chi connectivity index (χ3n) is 4.90. The van der Waals surface area contributed by atoms with Gasteiger partial charge in [0.1, 0.15) is 5.75 Å². The number of nitrogens with zero attached hydrogens (tertiary/aromatic N) is 1. The molecule has 116 valence electrons. The summed E-state index contributed by atoms with van der Waals surface area (Å²) in [5.74, 6) is 1.62. The van der Waals surface area contributed by atoms with E-state index in [1.165, 1.54) is 32.1 Å². The van der Waals surface area contributed by atoms with Gasteiger partial charge < -0.3 is 9.64 Å². The van der Waals surface area contributed by atoms with E-state index < -0.39 is 0 Å². The van der Waals surface area contributed by atoms with Crippen LogP contribution in [0.3, 0.4) is 0 Å². The van der Waals surface area contributed by atoms with Crippen molar-refractivity contribution in [3.05, 3.63) is 23.8 Å². The Kier molecular flexibility index (Phi) is 5.27. The molecule has 1 aliphatic rings. The van der Waals surface area contributed by atoms with Crippen molar-refractivity contribution in [3.8, 4) is 5.75 Å². The third-order valence-corrected chi connectivity index (χ3v) is 4.90. The summed E-state index contributed by atoms with van der Waals surface area (Å²) in [7, 11) is 3.73. The molecule has 3 heteroatoms. The molecule has 0 atom stereocenters. The summed E-state index contributed by atoms with van der Waals surface area (Å²) < 4.78 is 5.37. The summed E-state index contributed by atoms with van der Waals surface area (Å²) in [5, 5.41) is 0. The van der Waals surface area contributed by atoms with Crippen LogP contribution < -0.4 is 9.64 Å². The number of methoxy groups -OCH3 is 1. The van der Waals surface area contributed by atoms with Gasteiger partial charge in [0.05, 0.1) is 18.4 Å². The molecular weight excluding hydrogens is 262 g/mol. The van der Waals surface area contributed by atoms with Crippen LogP contribution in [0.4, 0.5) is 5.69 Å². The number of hydrogen-bond acceptors (Lipinski definition) is 3. The molecular formula is C18H27NO2. The summed E-state index contributed by atoms with van der Waals surface area (Å²) in [6, 6.07) is 6.39. The van der Waals surface area contributed by atoms with Crippen LogP contribution in [0.25, 0.3) is 0 Å². The highest BCUT2D eigenvalue weighted by Crippen LogP contribution is 2.35. The van der Waals surface area contributed by atoms with E-state index in [4.69, 9.17) is 4.74 Å². The molecule has 3 nitrogen and oxygen atoms in total. The van der Waals surface area contributed by atoms with Gasteiger partial charge in [0, 0.05) is 13.1 Å². The third kappa shape index (κ3) is 3.39. The summed E-state index contributed by atoms with van der Waals surface area (Å²) in [6.45, 7) is 3.90. The first kappa shape index (κ1) is 15.9. The second-order valence-corrected chi connectivity index (χ2v) is 6.10. The maximum Gasteiger partial charge on any atom is 0.165 e. The average Bonchev–Trinajstić information content (AvgIpc) is 2.53. The molecule has 0 amide bonds. The highest BCUT2D eigenvalue weighted by atomic mass is 16.5. The Bertz CT molecular complexity index is 490. The molecule has 2 rings (SSSR count). The van der Waals surface area contributed by atoms with E-state index >= 15 is 0 Å². The van der Waals surface area contributed by atoms with E-state index in [1.807, 2.05) is 18.2 Å². The fourth-order valence-corrected chi connectivity index (χ4v) is 3.47. The Hall–Kier alpha value is -1.51. The fourth-order valence-electron chi connectivity index (χ4n) is 3.47. The molecule has 0 aliphatic heterocycles. The molecule has 0 unspecified atom stereocenters. The minimum atomic E-state index is 0.0662. The lowest BCUT2D eigenvalue weighted by Crippen LogP contribution is -2.36. The monoisotopic (exact) mass is 289 g/mol. The van der Waals surface area contributed by atoms with Crippen molar-refractivity contribution < 1.29 is 9.53 Å². The largest absolute Gasteiger partial charge is 0.496 e. The zero-order valence-electron chi connectivity index (χ0n) is 13.7. The number of anilines is 1. The van der Waals surface area contributed by atoms with Crippen molar-refractivity contribution in [1.29, 1.82) is 0 Å². The maximum absolute atomic E-state index is 12.0. The zero-order valence-corrected chi connectivity index (χ0v) is 13.7. The molecule has 0 saturated heterocycles. The number of benzene rings is 1. The molecule has 0 heterocycles. The first-order chi connectivity index (χ1) is 10.1. The SMILES string of the molecule is CCC1CCC(N(C)c2cccc(OC)c2C(C)=O)CC1. The Morgan fingerprint density at radius 1 is 1.29 bits per heavy atom. The predicted octanol–water partition coefficient (Wildman–Crippen LogP) is 4.30. The van der Waals surface area contributed by atoms with Gasteiger partial charge in [-0.1, -0.05) is 19.4 Å². The first-order valence-electron chi connectivity index (χ1n) is 7.99. The molecule has 0 radical (unpaired) electrons. The number of carbonyl (C=O) groups is 1. The second kappa shape index (κ2) is 6.97. The van der Waals surface area contributed by atoms with Gasteiger partial charge in [0.15, 0.2) is 5.78 Å². The van der Waals surface area contributed by atoms with Crippen molar-refractivity contribution in [2.75, 3.05) is 19.1 Å². The normalized spacial score (nSPS) is 21.9.